The monoisotopic (exact) mass is 324 g/mol. The summed E-state index contributed by atoms with van der Waals surface area (Å²) in [6.45, 7) is 0.390. The van der Waals surface area contributed by atoms with Gasteiger partial charge in [-0.3, -0.25) is 14.5 Å². The van der Waals surface area contributed by atoms with E-state index in [0.29, 0.717) is 6.54 Å². The highest BCUT2D eigenvalue weighted by molar-refractivity contribution is 5.78. The maximum Gasteiger partial charge on any atom is 0.224 e. The Morgan fingerprint density at radius 3 is 2.62 bits per heavy atom. The number of amides is 1. The van der Waals surface area contributed by atoms with Crippen LogP contribution in [0.25, 0.3) is 11.1 Å². The van der Waals surface area contributed by atoms with Crippen molar-refractivity contribution in [3.8, 4) is 11.1 Å². The first kappa shape index (κ1) is 15.9. The van der Waals surface area contributed by atoms with Gasteiger partial charge in [0.25, 0.3) is 0 Å². The van der Waals surface area contributed by atoms with E-state index in [1.807, 2.05) is 19.3 Å². The average Bonchev–Trinajstić information content (AvgIpc) is 3.02. The fourth-order valence-electron chi connectivity index (χ4n) is 2.36. The summed E-state index contributed by atoms with van der Waals surface area (Å²) in [5.41, 5.74) is 3.61. The van der Waals surface area contributed by atoms with Crippen LogP contribution in [0.1, 0.15) is 11.1 Å². The molecule has 0 aliphatic rings. The van der Waals surface area contributed by atoms with Crippen molar-refractivity contribution in [1.29, 1.82) is 0 Å². The predicted molar refractivity (Wildman–Crippen MR) is 88.4 cm³/mol. The molecule has 3 aromatic rings. The number of rotatable bonds is 5. The van der Waals surface area contributed by atoms with Crippen LogP contribution < -0.4 is 5.32 Å². The molecule has 1 N–H and O–H groups in total. The first-order valence-corrected chi connectivity index (χ1v) is 7.54. The number of halogens is 1. The van der Waals surface area contributed by atoms with Gasteiger partial charge >= 0.3 is 0 Å². The molecule has 6 heteroatoms. The summed E-state index contributed by atoms with van der Waals surface area (Å²) in [6, 6.07) is 7.90. The van der Waals surface area contributed by atoms with Gasteiger partial charge in [-0.1, -0.05) is 12.1 Å². The molecule has 0 bridgehead atoms. The quantitative estimate of drug-likeness (QED) is 0.784. The van der Waals surface area contributed by atoms with Gasteiger partial charge in [0.1, 0.15) is 5.82 Å². The van der Waals surface area contributed by atoms with Crippen molar-refractivity contribution < 1.29 is 9.18 Å². The second kappa shape index (κ2) is 7.04. The molecule has 2 aromatic heterocycles. The van der Waals surface area contributed by atoms with E-state index in [0.717, 1.165) is 22.3 Å². The van der Waals surface area contributed by atoms with E-state index in [1.54, 1.807) is 35.4 Å². The second-order valence-electron chi connectivity index (χ2n) is 5.56. The third-order valence-electron chi connectivity index (χ3n) is 3.60. The Balaban J connectivity index is 1.60. The normalized spacial score (nSPS) is 10.6. The molecule has 0 atom stereocenters. The molecule has 0 saturated heterocycles. The topological polar surface area (TPSA) is 59.8 Å². The number of benzene rings is 1. The zero-order valence-corrected chi connectivity index (χ0v) is 13.2. The Bertz CT molecular complexity index is 842. The molecule has 1 amide bonds. The van der Waals surface area contributed by atoms with E-state index in [-0.39, 0.29) is 18.1 Å². The highest BCUT2D eigenvalue weighted by Gasteiger charge is 2.06. The van der Waals surface area contributed by atoms with Crippen molar-refractivity contribution in [2.45, 2.75) is 13.0 Å². The number of nitrogens with zero attached hydrogens (tertiary/aromatic N) is 3. The molecule has 122 valence electrons. The standard InChI is InChI=1S/C18H17FN4O/c1-23-12-16(11-22-23)15-6-14(8-20-10-15)9-21-18(24)7-13-2-4-17(19)5-3-13/h2-6,8,10-12H,7,9H2,1H3,(H,21,24). The van der Waals surface area contributed by atoms with Crippen LogP contribution in [0.5, 0.6) is 0 Å². The van der Waals surface area contributed by atoms with Crippen molar-refractivity contribution in [3.63, 3.8) is 0 Å². The van der Waals surface area contributed by atoms with Gasteiger partial charge in [-0.15, -0.1) is 0 Å². The van der Waals surface area contributed by atoms with E-state index < -0.39 is 0 Å². The molecule has 3 rings (SSSR count). The largest absolute Gasteiger partial charge is 0.352 e. The minimum Gasteiger partial charge on any atom is -0.352 e. The lowest BCUT2D eigenvalue weighted by Crippen LogP contribution is -2.24. The maximum atomic E-state index is 12.9. The number of carbonyl (C=O) groups excluding carboxylic acids is 1. The summed E-state index contributed by atoms with van der Waals surface area (Å²) in [7, 11) is 1.86. The van der Waals surface area contributed by atoms with Crippen LogP contribution in [0.3, 0.4) is 0 Å². The van der Waals surface area contributed by atoms with E-state index in [2.05, 4.69) is 15.4 Å². The van der Waals surface area contributed by atoms with Gasteiger partial charge in [0.2, 0.25) is 5.91 Å². The number of hydrogen-bond acceptors (Lipinski definition) is 3. The number of pyridine rings is 1. The SMILES string of the molecule is Cn1cc(-c2cncc(CNC(=O)Cc3ccc(F)cc3)c2)cn1. The van der Waals surface area contributed by atoms with Gasteiger partial charge in [-0.2, -0.15) is 5.10 Å². The Kier molecular flexibility index (Phi) is 4.65. The fraction of sp³-hybridized carbons (Fsp3) is 0.167. The number of hydrogen-bond donors (Lipinski definition) is 1. The Morgan fingerprint density at radius 2 is 1.92 bits per heavy atom. The lowest BCUT2D eigenvalue weighted by Gasteiger charge is -2.06. The average molecular weight is 324 g/mol. The Hall–Kier alpha value is -3.02. The Morgan fingerprint density at radius 1 is 1.12 bits per heavy atom. The summed E-state index contributed by atoms with van der Waals surface area (Å²) in [4.78, 5) is 16.2. The highest BCUT2D eigenvalue weighted by atomic mass is 19.1. The molecular formula is C18H17FN4O. The smallest absolute Gasteiger partial charge is 0.224 e. The van der Waals surface area contributed by atoms with Crippen molar-refractivity contribution in [2.24, 2.45) is 7.05 Å². The van der Waals surface area contributed by atoms with Crippen LogP contribution in [0.2, 0.25) is 0 Å². The van der Waals surface area contributed by atoms with Crippen LogP contribution in [-0.2, 0) is 24.8 Å². The van der Waals surface area contributed by atoms with Crippen LogP contribution >= 0.6 is 0 Å². The van der Waals surface area contributed by atoms with Gasteiger partial charge in [-0.05, 0) is 29.3 Å². The van der Waals surface area contributed by atoms with Crippen molar-refractivity contribution in [3.05, 3.63) is 72.1 Å². The van der Waals surface area contributed by atoms with Crippen molar-refractivity contribution in [1.82, 2.24) is 20.1 Å². The van der Waals surface area contributed by atoms with E-state index in [9.17, 15) is 9.18 Å². The van der Waals surface area contributed by atoms with Gasteiger partial charge in [-0.25, -0.2) is 4.39 Å². The molecule has 5 nitrogen and oxygen atoms in total. The van der Waals surface area contributed by atoms with Crippen LogP contribution in [-0.4, -0.2) is 20.7 Å². The Labute approximate surface area is 139 Å². The first-order valence-electron chi connectivity index (χ1n) is 7.54. The van der Waals surface area contributed by atoms with Crippen LogP contribution in [0, 0.1) is 5.82 Å². The minimum atomic E-state index is -0.308. The van der Waals surface area contributed by atoms with Gasteiger partial charge in [0.05, 0.1) is 12.6 Å². The lowest BCUT2D eigenvalue weighted by atomic mass is 10.1. The molecular weight excluding hydrogens is 307 g/mol. The van der Waals surface area contributed by atoms with E-state index in [1.165, 1.54) is 12.1 Å². The summed E-state index contributed by atoms with van der Waals surface area (Å²) < 4.78 is 14.6. The highest BCUT2D eigenvalue weighted by Crippen LogP contribution is 2.18. The second-order valence-corrected chi connectivity index (χ2v) is 5.56. The number of carbonyl (C=O) groups is 1. The van der Waals surface area contributed by atoms with E-state index in [4.69, 9.17) is 0 Å². The number of nitrogens with one attached hydrogen (secondary N) is 1. The molecule has 0 radical (unpaired) electrons. The fourth-order valence-corrected chi connectivity index (χ4v) is 2.36. The molecule has 0 fully saturated rings. The number of aryl methyl sites for hydroxylation is 1. The third-order valence-corrected chi connectivity index (χ3v) is 3.60. The van der Waals surface area contributed by atoms with Gasteiger partial charge < -0.3 is 5.32 Å². The van der Waals surface area contributed by atoms with Crippen molar-refractivity contribution >= 4 is 5.91 Å². The number of aromatic nitrogens is 3. The molecule has 0 spiro atoms. The summed E-state index contributed by atoms with van der Waals surface area (Å²) in [5.74, 6) is -0.425. The molecule has 24 heavy (non-hydrogen) atoms. The van der Waals surface area contributed by atoms with Crippen LogP contribution in [0.15, 0.2) is 55.1 Å². The lowest BCUT2D eigenvalue weighted by molar-refractivity contribution is -0.120. The molecule has 0 aliphatic heterocycles. The molecule has 1 aromatic carbocycles. The minimum absolute atomic E-state index is 0.117. The molecule has 0 aliphatic carbocycles. The zero-order valence-electron chi connectivity index (χ0n) is 13.2. The molecule has 2 heterocycles. The summed E-state index contributed by atoms with van der Waals surface area (Å²) in [6.07, 6.45) is 7.39. The molecule has 0 unspecified atom stereocenters. The van der Waals surface area contributed by atoms with Gasteiger partial charge in [0.15, 0.2) is 0 Å². The van der Waals surface area contributed by atoms with Gasteiger partial charge in [0, 0.05) is 43.3 Å². The molecule has 0 saturated carbocycles. The summed E-state index contributed by atoms with van der Waals surface area (Å²) >= 11 is 0. The maximum absolute atomic E-state index is 12.9. The van der Waals surface area contributed by atoms with E-state index >= 15 is 0 Å². The first-order chi connectivity index (χ1) is 11.6. The third kappa shape index (κ3) is 4.04. The predicted octanol–water partition coefficient (Wildman–Crippen LogP) is 2.48. The van der Waals surface area contributed by atoms with Crippen molar-refractivity contribution in [2.75, 3.05) is 0 Å². The zero-order chi connectivity index (χ0) is 16.9. The van der Waals surface area contributed by atoms with Crippen LogP contribution in [0.4, 0.5) is 4.39 Å². The summed E-state index contributed by atoms with van der Waals surface area (Å²) in [5, 5.41) is 6.99.